The predicted molar refractivity (Wildman–Crippen MR) is 136 cm³/mol. The Labute approximate surface area is 202 Å². The highest BCUT2D eigenvalue weighted by atomic mass is 16.6. The average Bonchev–Trinajstić information content (AvgIpc) is 3.09. The number of nitrogens with one attached hydrogen (secondary N) is 1. The number of nitrogens with zero attached hydrogens (tertiary/aromatic N) is 1. The highest BCUT2D eigenvalue weighted by Crippen LogP contribution is 2.09. The zero-order valence-corrected chi connectivity index (χ0v) is 22.5. The van der Waals surface area contributed by atoms with Crippen LogP contribution in [0.2, 0.25) is 0 Å². The van der Waals surface area contributed by atoms with E-state index in [1.807, 2.05) is 48.6 Å². The van der Waals surface area contributed by atoms with Gasteiger partial charge in [-0.15, -0.1) is 12.3 Å². The van der Waals surface area contributed by atoms with E-state index in [1.54, 1.807) is 12.0 Å². The van der Waals surface area contributed by atoms with Crippen LogP contribution < -0.4 is 5.32 Å². The van der Waals surface area contributed by atoms with Gasteiger partial charge in [-0.3, -0.25) is 4.79 Å². The molecule has 0 unspecified atom stereocenters. The van der Waals surface area contributed by atoms with Crippen LogP contribution in [-0.2, 0) is 19.1 Å². The molecule has 0 spiro atoms. The zero-order valence-electron chi connectivity index (χ0n) is 22.5. The summed E-state index contributed by atoms with van der Waals surface area (Å²) in [6.07, 6.45) is 13.2. The van der Waals surface area contributed by atoms with Crippen molar-refractivity contribution >= 4 is 18.2 Å². The molecule has 7 nitrogen and oxygen atoms in total. The standard InChI is InChI=1S/C9H19NO2.C9H14O.C6H9NO2.C2H6/c1-5-6-7-10-8(11)12-9(2,3)4;1-3-4-5-6-7-9(2)8-10;1-7-4-5(8)3-6(7)9-2;1-2/h5-7H2,1-4H3,(H,10,11);1,8-9H,4-7H2,2H3;3H,4H2,1-2H3;1-2H3/t;9-;;/m.1../s1. The average molecular weight is 469 g/mol. The first-order valence-corrected chi connectivity index (χ1v) is 11.9. The number of ketones is 1. The number of terminal acetylenes is 1. The third kappa shape index (κ3) is 25.6. The van der Waals surface area contributed by atoms with Crippen molar-refractivity contribution in [1.82, 2.24) is 10.2 Å². The summed E-state index contributed by atoms with van der Waals surface area (Å²) in [5.74, 6) is 3.54. The van der Waals surface area contributed by atoms with E-state index in [0.717, 1.165) is 44.8 Å². The Morgan fingerprint density at radius 3 is 2.27 bits per heavy atom. The molecule has 0 radical (unpaired) electrons. The molecule has 7 heteroatoms. The van der Waals surface area contributed by atoms with E-state index in [4.69, 9.17) is 15.9 Å². The van der Waals surface area contributed by atoms with E-state index in [0.29, 0.717) is 19.0 Å². The molecule has 1 aliphatic heterocycles. The summed E-state index contributed by atoms with van der Waals surface area (Å²) in [6, 6.07) is 0. The molecule has 1 rings (SSSR count). The SMILES string of the molecule is C#CCCCC[C@@H](C)C=O.CC.CCCCNC(=O)OC(C)(C)C.COC1=CC(=O)CN1C. The normalized spacial score (nSPS) is 12.8. The lowest BCUT2D eigenvalue weighted by atomic mass is 10.1. The molecule has 0 aromatic carbocycles. The van der Waals surface area contributed by atoms with Gasteiger partial charge in [0.05, 0.1) is 13.7 Å². The Bertz CT molecular complexity index is 588. The maximum absolute atomic E-state index is 11.0. The number of likely N-dealkylation sites (N-methyl/N-ethyl adjacent to an activating group) is 1. The van der Waals surface area contributed by atoms with Crippen LogP contribution in [0.3, 0.4) is 0 Å². The minimum Gasteiger partial charge on any atom is -0.482 e. The van der Waals surface area contributed by atoms with Crippen molar-refractivity contribution in [1.29, 1.82) is 0 Å². The molecule has 1 amide bonds. The largest absolute Gasteiger partial charge is 0.482 e. The number of hydrogen-bond donors (Lipinski definition) is 1. The lowest BCUT2D eigenvalue weighted by Gasteiger charge is -2.19. The summed E-state index contributed by atoms with van der Waals surface area (Å²) in [6.45, 7) is 14.7. The first-order chi connectivity index (χ1) is 15.5. The molecule has 1 atom stereocenters. The van der Waals surface area contributed by atoms with Crippen LogP contribution in [0, 0.1) is 18.3 Å². The molecule has 0 fully saturated rings. The first kappa shape index (κ1) is 35.1. The van der Waals surface area contributed by atoms with E-state index in [-0.39, 0.29) is 17.8 Å². The van der Waals surface area contributed by atoms with Crippen molar-refractivity contribution in [3.05, 3.63) is 12.0 Å². The molecule has 0 aliphatic carbocycles. The van der Waals surface area contributed by atoms with E-state index in [9.17, 15) is 14.4 Å². The van der Waals surface area contributed by atoms with Gasteiger partial charge in [-0.25, -0.2) is 4.79 Å². The van der Waals surface area contributed by atoms with Crippen molar-refractivity contribution in [2.45, 2.75) is 92.6 Å². The zero-order chi connectivity index (χ0) is 26.3. The number of alkyl carbamates (subject to hydrolysis) is 1. The van der Waals surface area contributed by atoms with Crippen LogP contribution >= 0.6 is 0 Å². The van der Waals surface area contributed by atoms with Crippen molar-refractivity contribution in [2.24, 2.45) is 5.92 Å². The van der Waals surface area contributed by atoms with Crippen molar-refractivity contribution in [2.75, 3.05) is 27.2 Å². The van der Waals surface area contributed by atoms with E-state index in [1.165, 1.54) is 6.08 Å². The maximum Gasteiger partial charge on any atom is 0.407 e. The molecule has 0 saturated heterocycles. The third-order valence-corrected chi connectivity index (χ3v) is 3.92. The van der Waals surface area contributed by atoms with E-state index < -0.39 is 5.60 Å². The fraction of sp³-hybridized carbons (Fsp3) is 0.731. The minimum atomic E-state index is -0.393. The monoisotopic (exact) mass is 468 g/mol. The van der Waals surface area contributed by atoms with E-state index >= 15 is 0 Å². The van der Waals surface area contributed by atoms with Crippen LogP contribution in [0.15, 0.2) is 12.0 Å². The van der Waals surface area contributed by atoms with Gasteiger partial charge in [0.25, 0.3) is 0 Å². The van der Waals surface area contributed by atoms with Gasteiger partial charge in [0.2, 0.25) is 0 Å². The van der Waals surface area contributed by atoms with Gasteiger partial charge >= 0.3 is 6.09 Å². The second-order valence-corrected chi connectivity index (χ2v) is 8.35. The quantitative estimate of drug-likeness (QED) is 0.279. The van der Waals surface area contributed by atoms with Gasteiger partial charge in [0, 0.05) is 32.0 Å². The Balaban J connectivity index is -0.000000397. The summed E-state index contributed by atoms with van der Waals surface area (Å²) in [7, 11) is 3.38. The van der Waals surface area contributed by atoms with Gasteiger partial charge in [-0.2, -0.15) is 0 Å². The maximum atomic E-state index is 11.0. The summed E-state index contributed by atoms with van der Waals surface area (Å²) in [4.78, 5) is 33.5. The highest BCUT2D eigenvalue weighted by Gasteiger charge is 2.17. The lowest BCUT2D eigenvalue weighted by molar-refractivity contribution is -0.114. The Morgan fingerprint density at radius 1 is 1.30 bits per heavy atom. The smallest absolute Gasteiger partial charge is 0.407 e. The number of unbranched alkanes of at least 4 members (excludes halogenated alkanes) is 3. The Kier molecular flexibility index (Phi) is 24.1. The summed E-state index contributed by atoms with van der Waals surface area (Å²) >= 11 is 0. The molecule has 1 heterocycles. The van der Waals surface area contributed by atoms with Crippen molar-refractivity contribution < 1.29 is 23.9 Å². The van der Waals surface area contributed by atoms with Gasteiger partial charge in [-0.1, -0.05) is 40.5 Å². The molecule has 0 bridgehead atoms. The Hall–Kier alpha value is -2.49. The molecule has 192 valence electrons. The second-order valence-electron chi connectivity index (χ2n) is 8.35. The third-order valence-electron chi connectivity index (χ3n) is 3.92. The van der Waals surface area contributed by atoms with E-state index in [2.05, 4.69) is 18.2 Å². The summed E-state index contributed by atoms with van der Waals surface area (Å²) < 4.78 is 9.89. The van der Waals surface area contributed by atoms with Crippen LogP contribution in [0.5, 0.6) is 0 Å². The molecule has 0 aromatic rings. The number of methoxy groups -OCH3 is 1. The number of amides is 1. The minimum absolute atomic E-state index is 0.106. The van der Waals surface area contributed by atoms with Gasteiger partial charge < -0.3 is 24.5 Å². The number of ether oxygens (including phenoxy) is 2. The van der Waals surface area contributed by atoms with Crippen molar-refractivity contribution in [3.63, 3.8) is 0 Å². The molecular formula is C26H48N2O5. The number of rotatable bonds is 9. The molecular weight excluding hydrogens is 420 g/mol. The molecule has 33 heavy (non-hydrogen) atoms. The first-order valence-electron chi connectivity index (χ1n) is 11.9. The predicted octanol–water partition coefficient (Wildman–Crippen LogP) is 5.34. The molecule has 0 saturated carbocycles. The number of aldehydes is 1. The molecule has 0 aromatic heterocycles. The van der Waals surface area contributed by atoms with Crippen LogP contribution in [0.4, 0.5) is 4.79 Å². The highest BCUT2D eigenvalue weighted by molar-refractivity contribution is 5.94. The number of carbonyl (C=O) groups excluding carboxylic acids is 3. The fourth-order valence-electron chi connectivity index (χ4n) is 2.26. The summed E-state index contributed by atoms with van der Waals surface area (Å²) in [5, 5.41) is 2.68. The van der Waals surface area contributed by atoms with Crippen molar-refractivity contribution in [3.8, 4) is 12.3 Å². The fourth-order valence-corrected chi connectivity index (χ4v) is 2.26. The van der Waals surface area contributed by atoms with Crippen LogP contribution in [-0.4, -0.2) is 55.9 Å². The Morgan fingerprint density at radius 2 is 1.91 bits per heavy atom. The van der Waals surface area contributed by atoms with Crippen LogP contribution in [0.1, 0.15) is 87.0 Å². The topological polar surface area (TPSA) is 84.9 Å². The molecule has 1 N–H and O–H groups in total. The van der Waals surface area contributed by atoms with Gasteiger partial charge in [0.15, 0.2) is 11.7 Å². The second kappa shape index (κ2) is 22.7. The summed E-state index contributed by atoms with van der Waals surface area (Å²) in [5.41, 5.74) is -0.393. The molecule has 1 aliphatic rings. The van der Waals surface area contributed by atoms with Gasteiger partial charge in [-0.05, 0) is 40.0 Å². The van der Waals surface area contributed by atoms with Crippen LogP contribution in [0.25, 0.3) is 0 Å². The lowest BCUT2D eigenvalue weighted by Crippen LogP contribution is -2.32. The number of hydrogen-bond acceptors (Lipinski definition) is 6. The number of carbonyl (C=O) groups is 3. The van der Waals surface area contributed by atoms with Gasteiger partial charge in [0.1, 0.15) is 11.9 Å².